The highest BCUT2D eigenvalue weighted by Crippen LogP contribution is 2.30. The summed E-state index contributed by atoms with van der Waals surface area (Å²) in [6.07, 6.45) is 6.13. The summed E-state index contributed by atoms with van der Waals surface area (Å²) in [7, 11) is 8.96. The van der Waals surface area contributed by atoms with Crippen LogP contribution in [-0.2, 0) is 25.9 Å². The second-order valence-corrected chi connectivity index (χ2v) is 12.6. The summed E-state index contributed by atoms with van der Waals surface area (Å²) < 4.78 is 4.71. The van der Waals surface area contributed by atoms with Gasteiger partial charge in [0.2, 0.25) is 6.41 Å². The smallest absolute Gasteiger partial charge is 0.274 e. The van der Waals surface area contributed by atoms with Crippen molar-refractivity contribution in [2.24, 2.45) is 21.1 Å². The van der Waals surface area contributed by atoms with Gasteiger partial charge in [0.25, 0.3) is 23.6 Å². The van der Waals surface area contributed by atoms with Crippen molar-refractivity contribution in [3.63, 3.8) is 0 Å². The number of thiazole rings is 1. The summed E-state index contributed by atoms with van der Waals surface area (Å²) in [5.41, 5.74) is 2.39. The molecule has 5 amide bonds. The standard InChI is InChI=1S/C31H40N10O5S/c1-18(2)26-25(30(46)32-9-8-10-38(3)4)36-31(47-26)37-29(45)24-13-21(16-41(24)7)35-28(44)23-12-20(15-40(23)6)34-27(43)22-11-19(33-17-42)14-39(22)5/h11-18H,8-10H2,1-7H3,(H,32,46)(H,33,42)(H,34,43)(H,35,44)(H,36,37,45). The fraction of sp³-hybridized carbons (Fsp3) is 0.355. The van der Waals surface area contributed by atoms with Crippen LogP contribution in [-0.4, -0.2) is 80.8 Å². The zero-order chi connectivity index (χ0) is 34.4. The van der Waals surface area contributed by atoms with Crippen LogP contribution < -0.4 is 26.6 Å². The molecule has 0 fully saturated rings. The molecule has 16 heteroatoms. The number of rotatable bonds is 14. The number of aryl methyl sites for hydroxylation is 3. The van der Waals surface area contributed by atoms with E-state index in [0.717, 1.165) is 17.8 Å². The Bertz CT molecular complexity index is 1790. The predicted molar refractivity (Wildman–Crippen MR) is 181 cm³/mol. The molecule has 0 saturated heterocycles. The van der Waals surface area contributed by atoms with E-state index in [9.17, 15) is 24.0 Å². The number of hydrogen-bond acceptors (Lipinski definition) is 8. The molecule has 0 saturated carbocycles. The molecule has 5 N–H and O–H groups in total. The van der Waals surface area contributed by atoms with E-state index in [1.54, 1.807) is 53.4 Å². The Morgan fingerprint density at radius 2 is 1.30 bits per heavy atom. The lowest BCUT2D eigenvalue weighted by atomic mass is 10.1. The highest BCUT2D eigenvalue weighted by molar-refractivity contribution is 7.16. The number of carbonyl (C=O) groups excluding carboxylic acids is 5. The van der Waals surface area contributed by atoms with Gasteiger partial charge in [-0.05, 0) is 51.2 Å². The lowest BCUT2D eigenvalue weighted by Gasteiger charge is -2.10. The Morgan fingerprint density at radius 3 is 1.79 bits per heavy atom. The van der Waals surface area contributed by atoms with Gasteiger partial charge < -0.3 is 39.9 Å². The van der Waals surface area contributed by atoms with Gasteiger partial charge in [0.1, 0.15) is 22.8 Å². The van der Waals surface area contributed by atoms with Gasteiger partial charge >= 0.3 is 0 Å². The summed E-state index contributed by atoms with van der Waals surface area (Å²) in [6.45, 7) is 5.29. The zero-order valence-electron chi connectivity index (χ0n) is 27.4. The van der Waals surface area contributed by atoms with E-state index in [0.29, 0.717) is 46.5 Å². The highest BCUT2D eigenvalue weighted by atomic mass is 32.1. The van der Waals surface area contributed by atoms with Crippen LogP contribution in [0.25, 0.3) is 0 Å². The molecule has 0 atom stereocenters. The lowest BCUT2D eigenvalue weighted by molar-refractivity contribution is -0.105. The number of nitrogens with zero attached hydrogens (tertiary/aromatic N) is 5. The Hall–Kier alpha value is -5.22. The number of amides is 5. The summed E-state index contributed by atoms with van der Waals surface area (Å²) in [5.74, 6) is -1.58. The van der Waals surface area contributed by atoms with Crippen LogP contribution >= 0.6 is 11.3 Å². The molecule has 0 spiro atoms. The molecule has 0 aromatic carbocycles. The van der Waals surface area contributed by atoms with E-state index in [1.807, 2.05) is 32.8 Å². The quantitative estimate of drug-likeness (QED) is 0.101. The van der Waals surface area contributed by atoms with Crippen LogP contribution in [0.3, 0.4) is 0 Å². The maximum Gasteiger partial charge on any atom is 0.274 e. The number of aromatic nitrogens is 4. The maximum absolute atomic E-state index is 13.2. The summed E-state index contributed by atoms with van der Waals surface area (Å²) in [6, 6.07) is 4.60. The fourth-order valence-electron chi connectivity index (χ4n) is 4.83. The Balaban J connectivity index is 1.41. The Labute approximate surface area is 276 Å². The molecule has 4 aromatic heterocycles. The van der Waals surface area contributed by atoms with Gasteiger partial charge in [-0.3, -0.25) is 29.3 Å². The third kappa shape index (κ3) is 8.53. The molecule has 15 nitrogen and oxygen atoms in total. The van der Waals surface area contributed by atoms with Crippen molar-refractivity contribution in [3.8, 4) is 0 Å². The predicted octanol–water partition coefficient (Wildman–Crippen LogP) is 3.29. The first-order valence-corrected chi connectivity index (χ1v) is 15.7. The van der Waals surface area contributed by atoms with Crippen molar-refractivity contribution in [1.29, 1.82) is 0 Å². The van der Waals surface area contributed by atoms with Crippen LogP contribution in [0.4, 0.5) is 22.2 Å². The number of hydrogen-bond donors (Lipinski definition) is 5. The first-order chi connectivity index (χ1) is 22.3. The minimum Gasteiger partial charge on any atom is -0.351 e. The molecule has 0 radical (unpaired) electrons. The van der Waals surface area contributed by atoms with Crippen molar-refractivity contribution in [2.45, 2.75) is 26.2 Å². The molecule has 0 unspecified atom stereocenters. The van der Waals surface area contributed by atoms with E-state index in [1.165, 1.54) is 29.5 Å². The van der Waals surface area contributed by atoms with Crippen molar-refractivity contribution in [2.75, 3.05) is 48.5 Å². The molecule has 47 heavy (non-hydrogen) atoms. The van der Waals surface area contributed by atoms with Gasteiger partial charge in [0.15, 0.2) is 5.13 Å². The van der Waals surface area contributed by atoms with Crippen molar-refractivity contribution in [1.82, 2.24) is 28.9 Å². The monoisotopic (exact) mass is 664 g/mol. The van der Waals surface area contributed by atoms with Gasteiger partial charge in [0.05, 0.1) is 17.1 Å². The van der Waals surface area contributed by atoms with Crippen LogP contribution in [0.5, 0.6) is 0 Å². The number of carbonyl (C=O) groups is 5. The number of anilines is 4. The summed E-state index contributed by atoms with van der Waals surface area (Å²) >= 11 is 1.25. The first-order valence-electron chi connectivity index (χ1n) is 14.8. The van der Waals surface area contributed by atoms with Crippen LogP contribution in [0.1, 0.15) is 73.0 Å². The van der Waals surface area contributed by atoms with Crippen LogP contribution in [0, 0.1) is 0 Å². The van der Waals surface area contributed by atoms with E-state index in [2.05, 4.69) is 31.6 Å². The highest BCUT2D eigenvalue weighted by Gasteiger charge is 2.23. The molecule has 0 aliphatic heterocycles. The van der Waals surface area contributed by atoms with Gasteiger partial charge in [-0.25, -0.2) is 4.98 Å². The van der Waals surface area contributed by atoms with Gasteiger partial charge in [-0.2, -0.15) is 0 Å². The van der Waals surface area contributed by atoms with E-state index in [-0.39, 0.29) is 23.2 Å². The third-order valence-electron chi connectivity index (χ3n) is 7.14. The molecule has 0 bridgehead atoms. The van der Waals surface area contributed by atoms with E-state index >= 15 is 0 Å². The van der Waals surface area contributed by atoms with Gasteiger partial charge in [-0.1, -0.05) is 13.8 Å². The topological polar surface area (TPSA) is 176 Å². The molecule has 4 rings (SSSR count). The largest absolute Gasteiger partial charge is 0.351 e. The minimum absolute atomic E-state index is 0.0283. The molecule has 4 aromatic rings. The van der Waals surface area contributed by atoms with Crippen molar-refractivity contribution >= 4 is 63.6 Å². The van der Waals surface area contributed by atoms with Gasteiger partial charge in [-0.15, -0.1) is 11.3 Å². The first kappa shape index (κ1) is 34.6. The van der Waals surface area contributed by atoms with Crippen molar-refractivity contribution < 1.29 is 24.0 Å². The SMILES string of the molecule is CC(C)c1sc(NC(=O)c2cc(NC(=O)c3cc(NC(=O)c4cc(NC=O)cn4C)cn3C)cn2C)nc1C(=O)NCCCN(C)C. The molecule has 0 aliphatic rings. The fourth-order valence-corrected chi connectivity index (χ4v) is 5.79. The maximum atomic E-state index is 13.2. The molecule has 4 heterocycles. The van der Waals surface area contributed by atoms with Crippen LogP contribution in [0.2, 0.25) is 0 Å². The summed E-state index contributed by atoms with van der Waals surface area (Å²) in [5, 5.41) is 14.0. The average Bonchev–Trinajstić information content (AvgIpc) is 3.76. The Morgan fingerprint density at radius 1 is 0.809 bits per heavy atom. The molecular formula is C31H40N10O5S. The second-order valence-electron chi connectivity index (χ2n) is 11.6. The Kier molecular flexibility index (Phi) is 11.0. The second kappa shape index (κ2) is 14.9. The zero-order valence-corrected chi connectivity index (χ0v) is 28.2. The normalized spacial score (nSPS) is 11.1. The van der Waals surface area contributed by atoms with E-state index in [4.69, 9.17) is 0 Å². The van der Waals surface area contributed by atoms with Crippen LogP contribution in [0.15, 0.2) is 36.8 Å². The molecular weight excluding hydrogens is 624 g/mol. The van der Waals surface area contributed by atoms with Crippen molar-refractivity contribution in [3.05, 3.63) is 64.4 Å². The van der Waals surface area contributed by atoms with E-state index < -0.39 is 17.7 Å². The molecule has 250 valence electrons. The number of nitrogens with one attached hydrogen (secondary N) is 5. The minimum atomic E-state index is -0.454. The third-order valence-corrected chi connectivity index (χ3v) is 8.41. The lowest BCUT2D eigenvalue weighted by Crippen LogP contribution is -2.28. The average molecular weight is 665 g/mol. The summed E-state index contributed by atoms with van der Waals surface area (Å²) in [4.78, 5) is 70.0. The van der Waals surface area contributed by atoms with Gasteiger partial charge in [0, 0.05) is 51.2 Å². The molecule has 0 aliphatic carbocycles.